The molecule has 1 N–H and O–H groups in total. The first-order valence-electron chi connectivity index (χ1n) is 9.83. The quantitative estimate of drug-likeness (QED) is 0.333. The van der Waals surface area contributed by atoms with Crippen LogP contribution in [0.4, 0.5) is 5.69 Å². The van der Waals surface area contributed by atoms with Gasteiger partial charge >= 0.3 is 0 Å². The van der Waals surface area contributed by atoms with E-state index in [0.29, 0.717) is 39.3 Å². The topological polar surface area (TPSA) is 77.1 Å². The van der Waals surface area contributed by atoms with Crippen molar-refractivity contribution in [3.8, 4) is 23.0 Å². The summed E-state index contributed by atoms with van der Waals surface area (Å²) in [6.45, 7) is 0.0805. The number of nitrogens with one attached hydrogen (secondary N) is 1. The number of rotatable bonds is 4. The van der Waals surface area contributed by atoms with E-state index in [1.807, 2.05) is 30.3 Å². The zero-order chi connectivity index (χ0) is 22.9. The van der Waals surface area contributed by atoms with Gasteiger partial charge in [-0.05, 0) is 66.3 Å². The molecule has 0 unspecified atom stereocenters. The Balaban J connectivity index is 1.43. The maximum atomic E-state index is 13.3. The Labute approximate surface area is 199 Å². The number of nitrogens with zero attached hydrogens (tertiary/aromatic N) is 1. The van der Waals surface area contributed by atoms with E-state index in [4.69, 9.17) is 38.0 Å². The van der Waals surface area contributed by atoms with Crippen LogP contribution in [0, 0.1) is 0 Å². The van der Waals surface area contributed by atoms with Crippen LogP contribution < -0.4 is 24.4 Å². The molecule has 7 nitrogen and oxygen atoms in total. The summed E-state index contributed by atoms with van der Waals surface area (Å²) >= 11 is 11.6. The summed E-state index contributed by atoms with van der Waals surface area (Å²) in [7, 11) is 0. The summed E-state index contributed by atoms with van der Waals surface area (Å²) in [6, 6.07) is 19.3. The molecule has 0 spiro atoms. The lowest BCUT2D eigenvalue weighted by Crippen LogP contribution is -2.54. The average Bonchev–Trinajstić information content (AvgIpc) is 3.25. The molecular formula is C24H15ClN2O5S. The van der Waals surface area contributed by atoms with Crippen molar-refractivity contribution in [1.29, 1.82) is 0 Å². The van der Waals surface area contributed by atoms with Gasteiger partial charge in [-0.25, -0.2) is 0 Å². The molecule has 3 aromatic carbocycles. The molecule has 0 aromatic heterocycles. The van der Waals surface area contributed by atoms with Crippen molar-refractivity contribution < 1.29 is 23.8 Å². The highest BCUT2D eigenvalue weighted by molar-refractivity contribution is 7.80. The van der Waals surface area contributed by atoms with Gasteiger partial charge in [0.05, 0.1) is 10.7 Å². The van der Waals surface area contributed by atoms with E-state index >= 15 is 0 Å². The van der Waals surface area contributed by atoms with Crippen LogP contribution in [0.3, 0.4) is 0 Å². The molecule has 164 valence electrons. The predicted molar refractivity (Wildman–Crippen MR) is 127 cm³/mol. The van der Waals surface area contributed by atoms with Gasteiger partial charge in [0.2, 0.25) is 6.79 Å². The number of carbonyl (C=O) groups excluding carboxylic acids is 2. The highest BCUT2D eigenvalue weighted by Crippen LogP contribution is 2.38. The van der Waals surface area contributed by atoms with E-state index in [-0.39, 0.29) is 17.5 Å². The molecule has 0 aliphatic carbocycles. The van der Waals surface area contributed by atoms with Gasteiger partial charge in [0.15, 0.2) is 16.6 Å². The van der Waals surface area contributed by atoms with Crippen LogP contribution >= 0.6 is 23.8 Å². The molecule has 9 heteroatoms. The van der Waals surface area contributed by atoms with Gasteiger partial charge in [0.1, 0.15) is 17.1 Å². The number of halogens is 1. The number of carbonyl (C=O) groups is 2. The third-order valence-corrected chi connectivity index (χ3v) is 5.58. The van der Waals surface area contributed by atoms with Crippen LogP contribution in [0.1, 0.15) is 5.56 Å². The van der Waals surface area contributed by atoms with Crippen LogP contribution in [0.2, 0.25) is 5.02 Å². The summed E-state index contributed by atoms with van der Waals surface area (Å²) in [5.74, 6) is 1.08. The maximum Gasteiger partial charge on any atom is 0.270 e. The van der Waals surface area contributed by atoms with Crippen molar-refractivity contribution in [2.24, 2.45) is 0 Å². The molecule has 2 aliphatic heterocycles. The highest BCUT2D eigenvalue weighted by atomic mass is 35.5. The fraction of sp³-hybridized carbons (Fsp3) is 0.0417. The van der Waals surface area contributed by atoms with Gasteiger partial charge < -0.3 is 14.2 Å². The normalized spacial score (nSPS) is 16.2. The van der Waals surface area contributed by atoms with E-state index in [0.717, 1.165) is 0 Å². The van der Waals surface area contributed by atoms with Crippen molar-refractivity contribution in [1.82, 2.24) is 5.32 Å². The van der Waals surface area contributed by atoms with Crippen molar-refractivity contribution in [3.63, 3.8) is 0 Å². The lowest BCUT2D eigenvalue weighted by atomic mass is 10.1. The van der Waals surface area contributed by atoms with Gasteiger partial charge in [-0.3, -0.25) is 19.8 Å². The van der Waals surface area contributed by atoms with E-state index in [1.54, 1.807) is 36.4 Å². The monoisotopic (exact) mass is 478 g/mol. The minimum atomic E-state index is -0.612. The van der Waals surface area contributed by atoms with Crippen LogP contribution in [0.25, 0.3) is 6.08 Å². The van der Waals surface area contributed by atoms with Crippen molar-refractivity contribution in [3.05, 3.63) is 82.9 Å². The number of ether oxygens (including phenoxy) is 3. The predicted octanol–water partition coefficient (Wildman–Crippen LogP) is 4.69. The summed E-state index contributed by atoms with van der Waals surface area (Å²) in [5, 5.41) is 2.85. The van der Waals surface area contributed by atoms with Gasteiger partial charge in [-0.1, -0.05) is 29.8 Å². The SMILES string of the molecule is O=C1NC(=S)N(c2ccc(Oc3ccccc3)cc2)C(=O)C1=Cc1cc2c(cc1Cl)OCO2. The minimum Gasteiger partial charge on any atom is -0.457 e. The number of hydrogen-bond acceptors (Lipinski definition) is 6. The Hall–Kier alpha value is -3.88. The Morgan fingerprint density at radius 3 is 2.36 bits per heavy atom. The molecule has 33 heavy (non-hydrogen) atoms. The minimum absolute atomic E-state index is 0.0179. The number of anilines is 1. The van der Waals surface area contributed by atoms with E-state index in [1.165, 1.54) is 11.0 Å². The molecule has 1 fully saturated rings. The number of para-hydroxylation sites is 1. The number of thiocarbonyl (C=S) groups is 1. The number of benzene rings is 3. The molecular weight excluding hydrogens is 464 g/mol. The molecule has 0 atom stereocenters. The van der Waals surface area contributed by atoms with Crippen LogP contribution in [0.15, 0.2) is 72.3 Å². The number of amides is 2. The third-order valence-electron chi connectivity index (χ3n) is 4.97. The smallest absolute Gasteiger partial charge is 0.270 e. The molecule has 0 bridgehead atoms. The number of fused-ring (bicyclic) bond motifs is 1. The molecule has 2 heterocycles. The zero-order valence-electron chi connectivity index (χ0n) is 16.9. The van der Waals surface area contributed by atoms with Gasteiger partial charge in [0, 0.05) is 6.07 Å². The lowest BCUT2D eigenvalue weighted by Gasteiger charge is -2.29. The molecule has 1 saturated heterocycles. The second kappa shape index (κ2) is 8.57. The molecule has 3 aromatic rings. The molecule has 2 amide bonds. The third kappa shape index (κ3) is 4.13. The van der Waals surface area contributed by atoms with E-state index in [9.17, 15) is 9.59 Å². The van der Waals surface area contributed by atoms with Crippen molar-refractivity contribution in [2.75, 3.05) is 11.7 Å². The molecule has 5 rings (SSSR count). The second-order valence-corrected chi connectivity index (χ2v) is 7.89. The first-order chi connectivity index (χ1) is 16.0. The zero-order valence-corrected chi connectivity index (χ0v) is 18.5. The summed E-state index contributed by atoms with van der Waals surface area (Å²) in [6.07, 6.45) is 1.41. The summed E-state index contributed by atoms with van der Waals surface area (Å²) in [4.78, 5) is 27.1. The Kier molecular flexibility index (Phi) is 5.45. The second-order valence-electron chi connectivity index (χ2n) is 7.09. The molecule has 0 radical (unpaired) electrons. The Morgan fingerprint density at radius 2 is 1.64 bits per heavy atom. The van der Waals surface area contributed by atoms with E-state index in [2.05, 4.69) is 5.32 Å². The molecule has 2 aliphatic rings. The van der Waals surface area contributed by atoms with E-state index < -0.39 is 11.8 Å². The van der Waals surface area contributed by atoms with Crippen LogP contribution in [0.5, 0.6) is 23.0 Å². The summed E-state index contributed by atoms with van der Waals surface area (Å²) < 4.78 is 16.4. The van der Waals surface area contributed by atoms with Gasteiger partial charge in [-0.2, -0.15) is 0 Å². The van der Waals surface area contributed by atoms with Gasteiger partial charge in [0.25, 0.3) is 11.8 Å². The largest absolute Gasteiger partial charge is 0.457 e. The molecule has 0 saturated carbocycles. The fourth-order valence-electron chi connectivity index (χ4n) is 3.38. The van der Waals surface area contributed by atoms with Crippen molar-refractivity contribution >= 4 is 52.5 Å². The van der Waals surface area contributed by atoms with Crippen LogP contribution in [-0.2, 0) is 9.59 Å². The highest BCUT2D eigenvalue weighted by Gasteiger charge is 2.34. The van der Waals surface area contributed by atoms with Gasteiger partial charge in [-0.15, -0.1) is 0 Å². The lowest BCUT2D eigenvalue weighted by molar-refractivity contribution is -0.122. The summed E-state index contributed by atoms with van der Waals surface area (Å²) in [5.41, 5.74) is 0.806. The van der Waals surface area contributed by atoms with Crippen LogP contribution in [-0.4, -0.2) is 23.7 Å². The van der Waals surface area contributed by atoms with Crippen molar-refractivity contribution in [2.45, 2.75) is 0 Å². The maximum absolute atomic E-state index is 13.3. The Morgan fingerprint density at radius 1 is 0.970 bits per heavy atom. The number of hydrogen-bond donors (Lipinski definition) is 1. The fourth-order valence-corrected chi connectivity index (χ4v) is 3.87. The standard InChI is InChI=1S/C24H15ClN2O5S/c25-19-12-21-20(30-13-31-21)11-14(19)10-18-22(28)26-24(33)27(23(18)29)15-6-8-17(9-7-15)32-16-4-2-1-3-5-16/h1-12H,13H2,(H,26,28,33). The first kappa shape index (κ1) is 21.0. The Bertz CT molecular complexity index is 1310. The average molecular weight is 479 g/mol. The first-order valence-corrected chi connectivity index (χ1v) is 10.6.